The lowest BCUT2D eigenvalue weighted by molar-refractivity contribution is 0.0973. The largest absolute Gasteiger partial charge is 0.340 e. The van der Waals surface area contributed by atoms with E-state index in [0.717, 1.165) is 0 Å². The average molecular weight is 278 g/mol. The lowest BCUT2D eigenvalue weighted by Crippen LogP contribution is -2.09. The third-order valence-electron chi connectivity index (χ3n) is 3.41. The van der Waals surface area contributed by atoms with Gasteiger partial charge >= 0.3 is 0 Å². The molecule has 0 amide bonds. The first-order chi connectivity index (χ1) is 10.2. The molecule has 0 bridgehead atoms. The zero-order valence-corrected chi connectivity index (χ0v) is 11.1. The molecule has 0 spiro atoms. The maximum Gasteiger partial charge on any atom is 0.182 e. The predicted octanol–water partition coefficient (Wildman–Crippen LogP) is 3.53. The highest BCUT2D eigenvalue weighted by Gasteiger charge is 2.10. The SMILES string of the molecule is N#Cc1ccc(C(=O)Cn2ccc3c(F)cccc32)cc1. The van der Waals surface area contributed by atoms with Crippen molar-refractivity contribution in [1.29, 1.82) is 5.26 Å². The van der Waals surface area contributed by atoms with Crippen LogP contribution in [0.15, 0.2) is 54.7 Å². The number of carbonyl (C=O) groups is 1. The van der Waals surface area contributed by atoms with E-state index in [9.17, 15) is 9.18 Å². The van der Waals surface area contributed by atoms with Gasteiger partial charge in [0, 0.05) is 17.1 Å². The number of carbonyl (C=O) groups excluding carboxylic acids is 1. The van der Waals surface area contributed by atoms with E-state index in [1.54, 1.807) is 53.2 Å². The Bertz CT molecular complexity index is 857. The second-order valence-corrected chi connectivity index (χ2v) is 4.73. The second kappa shape index (κ2) is 5.22. The van der Waals surface area contributed by atoms with Crippen molar-refractivity contribution in [2.45, 2.75) is 6.54 Å². The Morgan fingerprint density at radius 1 is 1.14 bits per heavy atom. The molecule has 4 heteroatoms. The molecule has 0 N–H and O–H groups in total. The van der Waals surface area contributed by atoms with E-state index >= 15 is 0 Å². The van der Waals surface area contributed by atoms with Gasteiger partial charge in [-0.3, -0.25) is 4.79 Å². The van der Waals surface area contributed by atoms with Gasteiger partial charge in [-0.05, 0) is 30.3 Å². The van der Waals surface area contributed by atoms with Gasteiger partial charge in [-0.1, -0.05) is 18.2 Å². The highest BCUT2D eigenvalue weighted by atomic mass is 19.1. The summed E-state index contributed by atoms with van der Waals surface area (Å²) in [7, 11) is 0. The summed E-state index contributed by atoms with van der Waals surface area (Å²) in [6, 6.07) is 15.0. The molecule has 1 heterocycles. The van der Waals surface area contributed by atoms with Gasteiger partial charge in [0.1, 0.15) is 5.82 Å². The molecule has 3 rings (SSSR count). The van der Waals surface area contributed by atoms with Crippen molar-refractivity contribution in [3.8, 4) is 6.07 Å². The van der Waals surface area contributed by atoms with Gasteiger partial charge in [0.15, 0.2) is 5.78 Å². The Hall–Kier alpha value is -2.93. The van der Waals surface area contributed by atoms with Crippen LogP contribution in [0.3, 0.4) is 0 Å². The Morgan fingerprint density at radius 2 is 1.90 bits per heavy atom. The van der Waals surface area contributed by atoms with Crippen molar-refractivity contribution < 1.29 is 9.18 Å². The molecule has 0 aliphatic rings. The first-order valence-corrected chi connectivity index (χ1v) is 6.46. The van der Waals surface area contributed by atoms with E-state index in [1.165, 1.54) is 6.07 Å². The number of ketones is 1. The summed E-state index contributed by atoms with van der Waals surface area (Å²) >= 11 is 0. The Morgan fingerprint density at radius 3 is 2.62 bits per heavy atom. The smallest absolute Gasteiger partial charge is 0.182 e. The third-order valence-corrected chi connectivity index (χ3v) is 3.41. The first-order valence-electron chi connectivity index (χ1n) is 6.46. The molecule has 2 aromatic carbocycles. The zero-order chi connectivity index (χ0) is 14.8. The van der Waals surface area contributed by atoms with Crippen molar-refractivity contribution in [1.82, 2.24) is 4.57 Å². The number of nitriles is 1. The van der Waals surface area contributed by atoms with Crippen LogP contribution in [-0.2, 0) is 6.54 Å². The molecular weight excluding hydrogens is 267 g/mol. The van der Waals surface area contributed by atoms with Crippen LogP contribution in [0.5, 0.6) is 0 Å². The van der Waals surface area contributed by atoms with E-state index in [-0.39, 0.29) is 18.1 Å². The topological polar surface area (TPSA) is 45.8 Å². The molecule has 21 heavy (non-hydrogen) atoms. The molecule has 3 nitrogen and oxygen atoms in total. The van der Waals surface area contributed by atoms with Crippen LogP contribution in [0, 0.1) is 17.1 Å². The lowest BCUT2D eigenvalue weighted by atomic mass is 10.1. The van der Waals surface area contributed by atoms with Crippen LogP contribution in [0.2, 0.25) is 0 Å². The number of rotatable bonds is 3. The van der Waals surface area contributed by atoms with Gasteiger partial charge in [0.2, 0.25) is 0 Å². The Labute approximate surface area is 120 Å². The number of fused-ring (bicyclic) bond motifs is 1. The molecule has 0 aliphatic heterocycles. The number of aromatic nitrogens is 1. The predicted molar refractivity (Wildman–Crippen MR) is 77.4 cm³/mol. The van der Waals surface area contributed by atoms with Crippen molar-refractivity contribution in [3.05, 3.63) is 71.7 Å². The lowest BCUT2D eigenvalue weighted by Gasteiger charge is -2.05. The van der Waals surface area contributed by atoms with Crippen molar-refractivity contribution in [2.75, 3.05) is 0 Å². The standard InChI is InChI=1S/C17H11FN2O/c18-15-2-1-3-16-14(15)8-9-20(16)11-17(21)13-6-4-12(10-19)5-7-13/h1-9H,11H2. The number of nitrogens with zero attached hydrogens (tertiary/aromatic N) is 2. The summed E-state index contributed by atoms with van der Waals surface area (Å²) in [6.45, 7) is 0.138. The minimum absolute atomic E-state index is 0.0822. The second-order valence-electron chi connectivity index (χ2n) is 4.73. The number of benzene rings is 2. The van der Waals surface area contributed by atoms with E-state index in [4.69, 9.17) is 5.26 Å². The van der Waals surface area contributed by atoms with Crippen molar-refractivity contribution in [2.24, 2.45) is 0 Å². The minimum atomic E-state index is -0.294. The fourth-order valence-electron chi connectivity index (χ4n) is 2.30. The van der Waals surface area contributed by atoms with Gasteiger partial charge in [0.25, 0.3) is 0 Å². The fourth-order valence-corrected chi connectivity index (χ4v) is 2.30. The summed E-state index contributed by atoms with van der Waals surface area (Å²) in [6.07, 6.45) is 1.70. The number of hydrogen-bond donors (Lipinski definition) is 0. The van der Waals surface area contributed by atoms with Gasteiger partial charge in [-0.25, -0.2) is 4.39 Å². The van der Waals surface area contributed by atoms with Crippen molar-refractivity contribution in [3.63, 3.8) is 0 Å². The van der Waals surface area contributed by atoms with E-state index < -0.39 is 0 Å². The number of Topliss-reactive ketones (excluding diaryl/α,β-unsaturated/α-hetero) is 1. The molecule has 0 radical (unpaired) electrons. The summed E-state index contributed by atoms with van der Waals surface area (Å²) in [5.41, 5.74) is 1.74. The highest BCUT2D eigenvalue weighted by molar-refractivity contribution is 5.97. The van der Waals surface area contributed by atoms with Crippen molar-refractivity contribution >= 4 is 16.7 Å². The van der Waals surface area contributed by atoms with E-state index in [1.807, 2.05) is 6.07 Å². The average Bonchev–Trinajstić information content (AvgIpc) is 2.92. The monoisotopic (exact) mass is 278 g/mol. The maximum absolute atomic E-state index is 13.6. The quantitative estimate of drug-likeness (QED) is 0.688. The van der Waals surface area contributed by atoms with E-state index in [2.05, 4.69) is 0 Å². The Balaban J connectivity index is 1.89. The molecule has 0 fully saturated rings. The molecule has 3 aromatic rings. The molecule has 102 valence electrons. The summed E-state index contributed by atoms with van der Waals surface area (Å²) in [5.74, 6) is -0.377. The van der Waals surface area contributed by atoms with Gasteiger partial charge in [0.05, 0.1) is 23.7 Å². The van der Waals surface area contributed by atoms with Crippen LogP contribution >= 0.6 is 0 Å². The summed E-state index contributed by atoms with van der Waals surface area (Å²) in [4.78, 5) is 12.2. The van der Waals surface area contributed by atoms with Crippen LogP contribution in [0.4, 0.5) is 4.39 Å². The summed E-state index contributed by atoms with van der Waals surface area (Å²) < 4.78 is 15.3. The van der Waals surface area contributed by atoms with E-state index in [0.29, 0.717) is 22.0 Å². The normalized spacial score (nSPS) is 10.5. The van der Waals surface area contributed by atoms with Gasteiger partial charge in [-0.15, -0.1) is 0 Å². The molecule has 0 unspecified atom stereocenters. The van der Waals surface area contributed by atoms with Crippen LogP contribution in [0.1, 0.15) is 15.9 Å². The third kappa shape index (κ3) is 2.41. The van der Waals surface area contributed by atoms with Crippen LogP contribution < -0.4 is 0 Å². The molecule has 0 atom stereocenters. The molecular formula is C17H11FN2O. The molecule has 0 saturated heterocycles. The Kier molecular flexibility index (Phi) is 3.25. The number of hydrogen-bond acceptors (Lipinski definition) is 2. The minimum Gasteiger partial charge on any atom is -0.340 e. The van der Waals surface area contributed by atoms with Crippen LogP contribution in [-0.4, -0.2) is 10.4 Å². The maximum atomic E-state index is 13.6. The fraction of sp³-hybridized carbons (Fsp3) is 0.0588. The van der Waals surface area contributed by atoms with Crippen LogP contribution in [0.25, 0.3) is 10.9 Å². The first kappa shape index (κ1) is 13.1. The van der Waals surface area contributed by atoms with Gasteiger partial charge < -0.3 is 4.57 Å². The molecule has 1 aromatic heterocycles. The molecule has 0 saturated carbocycles. The highest BCUT2D eigenvalue weighted by Crippen LogP contribution is 2.19. The van der Waals surface area contributed by atoms with Gasteiger partial charge in [-0.2, -0.15) is 5.26 Å². The number of halogens is 1. The summed E-state index contributed by atoms with van der Waals surface area (Å²) in [5, 5.41) is 9.25. The molecule has 0 aliphatic carbocycles. The zero-order valence-electron chi connectivity index (χ0n) is 11.1.